The number of nitrogens with one attached hydrogen (secondary N) is 3. The molecule has 0 aromatic heterocycles. The molecule has 49 heavy (non-hydrogen) atoms. The lowest BCUT2D eigenvalue weighted by Crippen LogP contribution is -2.60. The summed E-state index contributed by atoms with van der Waals surface area (Å²) in [4.78, 5) is 68.5. The van der Waals surface area contributed by atoms with Gasteiger partial charge in [-0.2, -0.15) is 0 Å². The second-order valence-corrected chi connectivity index (χ2v) is 14.0. The summed E-state index contributed by atoms with van der Waals surface area (Å²) in [6, 6.07) is 5.70. The van der Waals surface area contributed by atoms with Crippen molar-refractivity contribution in [3.05, 3.63) is 60.2 Å². The van der Waals surface area contributed by atoms with E-state index in [9.17, 15) is 24.0 Å². The molecule has 1 aromatic rings. The average Bonchev–Trinajstić information content (AvgIpc) is 3.07. The number of nitrogens with zero attached hydrogens (tertiary/aromatic N) is 1. The van der Waals surface area contributed by atoms with Crippen LogP contribution in [-0.2, 0) is 30.4 Å². The minimum Gasteiger partial charge on any atom is -0.343 e. The topological polar surface area (TPSA) is 203 Å². The number of unbranched alkanes of at least 4 members (excludes halogenated alkanes) is 1. The first-order valence-electron chi connectivity index (χ1n) is 17.7. The SMILES string of the molecule is CC(=O)C1(N)CCN(C(=O)C(CCCCN)NC(=O)[C@@H](CC(C)C)NC(=O)C(Cc2ccccc2)NC(=O)[C@H](N)CC2C=CC=CC2)CC1. The molecule has 0 spiro atoms. The molecule has 2 aliphatic rings. The number of Topliss-reactive ketones (excluding diaryl/α,β-unsaturated/α-hetero) is 1. The van der Waals surface area contributed by atoms with E-state index in [1.165, 1.54) is 6.92 Å². The summed E-state index contributed by atoms with van der Waals surface area (Å²) in [5.41, 5.74) is 18.2. The number of likely N-dealkylation sites (tertiary alicyclic amines) is 1. The number of hydrogen-bond donors (Lipinski definition) is 6. The van der Waals surface area contributed by atoms with E-state index >= 15 is 0 Å². The van der Waals surface area contributed by atoms with Crippen LogP contribution in [0.5, 0.6) is 0 Å². The van der Waals surface area contributed by atoms with Crippen molar-refractivity contribution < 1.29 is 24.0 Å². The standard InChI is InChI=1S/C37H57N7O5/c1-25(2)22-31(34(47)41-30(16-10-11-19-38)36(49)44-20-17-37(40,18-21-44)26(3)45)43-35(48)32(24-28-14-8-5-9-15-28)42-33(46)29(39)23-27-12-6-4-7-13-27/h4-9,12,14-15,25,27,29-32H,10-11,13,16-24,38-40H2,1-3H3,(H,41,47)(H,42,46)(H,43,48)/t27?,29-,30?,31-,32?/m1/s1. The molecule has 4 amide bonds. The summed E-state index contributed by atoms with van der Waals surface area (Å²) in [6.07, 6.45) is 12.0. The molecule has 0 radical (unpaired) electrons. The highest BCUT2D eigenvalue weighted by atomic mass is 16.2. The molecule has 0 bridgehead atoms. The van der Waals surface area contributed by atoms with Gasteiger partial charge in [-0.1, -0.05) is 68.5 Å². The summed E-state index contributed by atoms with van der Waals surface area (Å²) in [5, 5.41) is 8.65. The fourth-order valence-electron chi connectivity index (χ4n) is 6.27. The molecule has 1 saturated heterocycles. The smallest absolute Gasteiger partial charge is 0.245 e. The Morgan fingerprint density at radius 1 is 0.898 bits per heavy atom. The van der Waals surface area contributed by atoms with E-state index in [2.05, 4.69) is 16.0 Å². The Bertz CT molecular complexity index is 1320. The van der Waals surface area contributed by atoms with Gasteiger partial charge in [-0.15, -0.1) is 0 Å². The first kappa shape index (κ1) is 39.6. The molecule has 3 rings (SSSR count). The van der Waals surface area contributed by atoms with Crippen LogP contribution in [0, 0.1) is 11.8 Å². The molecule has 12 heteroatoms. The predicted octanol–water partition coefficient (Wildman–Crippen LogP) is 1.62. The largest absolute Gasteiger partial charge is 0.343 e. The van der Waals surface area contributed by atoms with Gasteiger partial charge in [-0.3, -0.25) is 24.0 Å². The van der Waals surface area contributed by atoms with E-state index in [1.807, 2.05) is 68.5 Å². The van der Waals surface area contributed by atoms with Gasteiger partial charge in [-0.25, -0.2) is 0 Å². The van der Waals surface area contributed by atoms with Crippen LogP contribution < -0.4 is 33.2 Å². The Labute approximate surface area is 291 Å². The molecular weight excluding hydrogens is 622 g/mol. The number of benzene rings is 1. The van der Waals surface area contributed by atoms with Crippen molar-refractivity contribution in [2.24, 2.45) is 29.0 Å². The molecule has 0 saturated carbocycles. The van der Waals surface area contributed by atoms with E-state index in [4.69, 9.17) is 17.2 Å². The van der Waals surface area contributed by atoms with Crippen molar-refractivity contribution in [1.82, 2.24) is 20.9 Å². The quantitative estimate of drug-likeness (QED) is 0.126. The maximum absolute atomic E-state index is 13.9. The van der Waals surface area contributed by atoms with Crippen LogP contribution in [0.3, 0.4) is 0 Å². The van der Waals surface area contributed by atoms with Gasteiger partial charge in [0.1, 0.15) is 23.9 Å². The van der Waals surface area contributed by atoms with Crippen LogP contribution in [-0.4, -0.2) is 83.7 Å². The lowest BCUT2D eigenvalue weighted by Gasteiger charge is -2.39. The number of allylic oxidation sites excluding steroid dienone is 4. The zero-order valence-corrected chi connectivity index (χ0v) is 29.4. The van der Waals surface area contributed by atoms with Gasteiger partial charge >= 0.3 is 0 Å². The lowest BCUT2D eigenvalue weighted by atomic mass is 9.85. The monoisotopic (exact) mass is 679 g/mol. The van der Waals surface area contributed by atoms with Gasteiger partial charge in [0.25, 0.3) is 0 Å². The second-order valence-electron chi connectivity index (χ2n) is 14.0. The average molecular weight is 680 g/mol. The minimum atomic E-state index is -0.988. The van der Waals surface area contributed by atoms with Gasteiger partial charge < -0.3 is 38.1 Å². The van der Waals surface area contributed by atoms with Crippen molar-refractivity contribution in [3.63, 3.8) is 0 Å². The van der Waals surface area contributed by atoms with Crippen molar-refractivity contribution in [1.29, 1.82) is 0 Å². The van der Waals surface area contributed by atoms with E-state index in [0.717, 1.165) is 12.0 Å². The molecule has 270 valence electrons. The highest BCUT2D eigenvalue weighted by Crippen LogP contribution is 2.22. The van der Waals surface area contributed by atoms with Gasteiger partial charge in [0.15, 0.2) is 0 Å². The van der Waals surface area contributed by atoms with E-state index in [0.29, 0.717) is 64.6 Å². The van der Waals surface area contributed by atoms with Gasteiger partial charge in [0.2, 0.25) is 23.6 Å². The third-order valence-electron chi connectivity index (χ3n) is 9.45. The Hall–Kier alpha value is -3.87. The van der Waals surface area contributed by atoms with Crippen molar-refractivity contribution in [3.8, 4) is 0 Å². The Kier molecular flexibility index (Phi) is 15.6. The number of carbonyl (C=O) groups is 5. The van der Waals surface area contributed by atoms with Gasteiger partial charge in [0.05, 0.1) is 11.6 Å². The molecule has 1 aliphatic carbocycles. The number of amides is 4. The molecule has 1 aromatic carbocycles. The minimum absolute atomic E-state index is 0.0296. The number of ketones is 1. The summed E-state index contributed by atoms with van der Waals surface area (Å²) < 4.78 is 0. The summed E-state index contributed by atoms with van der Waals surface area (Å²) >= 11 is 0. The maximum atomic E-state index is 13.9. The predicted molar refractivity (Wildman–Crippen MR) is 191 cm³/mol. The van der Waals surface area contributed by atoms with E-state index < -0.39 is 47.4 Å². The highest BCUT2D eigenvalue weighted by Gasteiger charge is 2.38. The summed E-state index contributed by atoms with van der Waals surface area (Å²) in [7, 11) is 0. The second kappa shape index (κ2) is 19.4. The Morgan fingerprint density at radius 2 is 1.53 bits per heavy atom. The van der Waals surface area contributed by atoms with Gasteiger partial charge in [-0.05, 0) is 82.2 Å². The number of nitrogens with two attached hydrogens (primary N) is 3. The van der Waals surface area contributed by atoms with Crippen LogP contribution in [0.1, 0.15) is 77.7 Å². The van der Waals surface area contributed by atoms with Crippen LogP contribution >= 0.6 is 0 Å². The summed E-state index contributed by atoms with van der Waals surface area (Å²) in [5.74, 6) is -1.65. The molecular formula is C37H57N7O5. The normalized spacial score (nSPS) is 19.4. The fraction of sp³-hybridized carbons (Fsp3) is 0.595. The van der Waals surface area contributed by atoms with Crippen molar-refractivity contribution >= 4 is 29.4 Å². The highest BCUT2D eigenvalue weighted by molar-refractivity contribution is 5.95. The van der Waals surface area contributed by atoms with E-state index in [-0.39, 0.29) is 29.9 Å². The first-order valence-corrected chi connectivity index (χ1v) is 17.7. The van der Waals surface area contributed by atoms with Crippen LogP contribution in [0.25, 0.3) is 0 Å². The van der Waals surface area contributed by atoms with Crippen molar-refractivity contribution in [2.75, 3.05) is 19.6 Å². The third-order valence-corrected chi connectivity index (χ3v) is 9.45. The lowest BCUT2D eigenvalue weighted by molar-refractivity contribution is -0.140. The van der Waals surface area contributed by atoms with Crippen LogP contribution in [0.4, 0.5) is 0 Å². The van der Waals surface area contributed by atoms with Gasteiger partial charge in [0, 0.05) is 19.5 Å². The fourth-order valence-corrected chi connectivity index (χ4v) is 6.27. The molecule has 1 fully saturated rings. The molecule has 5 atom stereocenters. The molecule has 12 nitrogen and oxygen atoms in total. The number of rotatable bonds is 18. The zero-order valence-electron chi connectivity index (χ0n) is 29.4. The zero-order chi connectivity index (χ0) is 36.0. The van der Waals surface area contributed by atoms with Crippen LogP contribution in [0.15, 0.2) is 54.6 Å². The maximum Gasteiger partial charge on any atom is 0.245 e. The molecule has 3 unspecified atom stereocenters. The first-order chi connectivity index (χ1) is 23.3. The van der Waals surface area contributed by atoms with Crippen molar-refractivity contribution in [2.45, 2.75) is 108 Å². The summed E-state index contributed by atoms with van der Waals surface area (Å²) in [6.45, 7) is 6.41. The number of hydrogen-bond acceptors (Lipinski definition) is 8. The Morgan fingerprint density at radius 3 is 2.12 bits per heavy atom. The van der Waals surface area contributed by atoms with E-state index in [1.54, 1.807) is 4.90 Å². The van der Waals surface area contributed by atoms with Crippen LogP contribution in [0.2, 0.25) is 0 Å². The molecule has 1 aliphatic heterocycles. The number of piperidine rings is 1. The molecule has 1 heterocycles. The molecule has 9 N–H and O–H groups in total. The number of carbonyl (C=O) groups excluding carboxylic acids is 5. The Balaban J connectivity index is 1.75. The third kappa shape index (κ3) is 12.5.